The highest BCUT2D eigenvalue weighted by molar-refractivity contribution is 7.09. The van der Waals surface area contributed by atoms with Crippen LogP contribution in [0.2, 0.25) is 0 Å². The monoisotopic (exact) mass is 236 g/mol. The minimum Gasteiger partial charge on any atom is -0.385 e. The van der Waals surface area contributed by atoms with Crippen LogP contribution in [-0.2, 0) is 0 Å². The molecule has 0 saturated heterocycles. The van der Waals surface area contributed by atoms with Crippen LogP contribution in [0.1, 0.15) is 16.7 Å². The first-order valence-corrected chi connectivity index (χ1v) is 5.69. The number of carbonyl (C=O) groups excluding carboxylic acids is 1. The fourth-order valence-corrected chi connectivity index (χ4v) is 2.50. The van der Waals surface area contributed by atoms with Gasteiger partial charge < -0.3 is 10.6 Å². The van der Waals surface area contributed by atoms with Crippen LogP contribution in [0.25, 0.3) is 0 Å². The molecule has 1 unspecified atom stereocenters. The van der Waals surface area contributed by atoms with Gasteiger partial charge in [-0.15, -0.1) is 17.9 Å². The molecule has 6 heteroatoms. The Balaban J connectivity index is 2.34. The lowest BCUT2D eigenvalue weighted by molar-refractivity contribution is 0.212. The summed E-state index contributed by atoms with van der Waals surface area (Å²) in [5.41, 5.74) is 6.67. The summed E-state index contributed by atoms with van der Waals surface area (Å²) in [6.07, 6.45) is 1.65. The van der Waals surface area contributed by atoms with Crippen LogP contribution in [-0.4, -0.2) is 28.3 Å². The largest absolute Gasteiger partial charge is 0.385 e. The second kappa shape index (κ2) is 4.05. The third-order valence-corrected chi connectivity index (χ3v) is 3.27. The zero-order valence-corrected chi connectivity index (χ0v) is 9.70. The van der Waals surface area contributed by atoms with Crippen LogP contribution in [0.15, 0.2) is 23.0 Å². The van der Waals surface area contributed by atoms with Gasteiger partial charge in [0.2, 0.25) is 0 Å². The predicted molar refractivity (Wildman–Crippen MR) is 63.5 cm³/mol. The molecule has 0 aromatic carbocycles. The minimum atomic E-state index is -0.329. The maximum atomic E-state index is 11.6. The average Bonchev–Trinajstić information content (AvgIpc) is 2.73. The molecule has 2 heterocycles. The maximum absolute atomic E-state index is 11.6. The molecule has 0 saturated carbocycles. The van der Waals surface area contributed by atoms with Gasteiger partial charge in [-0.05, 0) is 6.92 Å². The SMILES string of the molecule is C=CCN1C(=O)N=C(N)C1c1nc(C)cs1. The van der Waals surface area contributed by atoms with Crippen molar-refractivity contribution in [1.82, 2.24) is 9.88 Å². The predicted octanol–water partition coefficient (Wildman–Crippen LogP) is 1.47. The van der Waals surface area contributed by atoms with E-state index in [2.05, 4.69) is 16.6 Å². The summed E-state index contributed by atoms with van der Waals surface area (Å²) in [5.74, 6) is 0.307. The standard InChI is InChI=1S/C10H12N4OS/c1-3-4-14-7(8(11)13-10(14)15)9-12-6(2)5-16-9/h3,5,7H,1,4H2,2H3,(H2,11,13,15). The molecule has 2 amide bonds. The zero-order valence-electron chi connectivity index (χ0n) is 8.88. The maximum Gasteiger partial charge on any atom is 0.346 e. The van der Waals surface area contributed by atoms with Crippen molar-refractivity contribution in [3.63, 3.8) is 0 Å². The second-order valence-corrected chi connectivity index (χ2v) is 4.38. The Bertz CT molecular complexity index is 465. The van der Waals surface area contributed by atoms with E-state index >= 15 is 0 Å². The summed E-state index contributed by atoms with van der Waals surface area (Å²) < 4.78 is 0. The lowest BCUT2D eigenvalue weighted by Gasteiger charge is -2.20. The molecule has 5 nitrogen and oxygen atoms in total. The third kappa shape index (κ3) is 1.71. The number of amides is 2. The first-order chi connectivity index (χ1) is 7.63. The number of thiazole rings is 1. The number of nitrogens with two attached hydrogens (primary N) is 1. The highest BCUT2D eigenvalue weighted by Gasteiger charge is 2.35. The number of nitrogens with zero attached hydrogens (tertiary/aromatic N) is 3. The zero-order chi connectivity index (χ0) is 11.7. The quantitative estimate of drug-likeness (QED) is 0.808. The van der Waals surface area contributed by atoms with Crippen molar-refractivity contribution < 1.29 is 4.79 Å². The molecule has 1 aromatic heterocycles. The summed E-state index contributed by atoms with van der Waals surface area (Å²) in [6.45, 7) is 5.94. The van der Waals surface area contributed by atoms with Crippen LogP contribution < -0.4 is 5.73 Å². The van der Waals surface area contributed by atoms with E-state index in [1.807, 2.05) is 12.3 Å². The molecular weight excluding hydrogens is 224 g/mol. The number of rotatable bonds is 3. The summed E-state index contributed by atoms with van der Waals surface area (Å²) in [4.78, 5) is 21.2. The van der Waals surface area contributed by atoms with E-state index in [0.717, 1.165) is 10.7 Å². The number of carbonyl (C=O) groups is 1. The van der Waals surface area contributed by atoms with Crippen molar-refractivity contribution in [2.75, 3.05) is 6.54 Å². The van der Waals surface area contributed by atoms with Crippen molar-refractivity contribution >= 4 is 23.2 Å². The minimum absolute atomic E-state index is 0.307. The number of aryl methyl sites for hydroxylation is 1. The van der Waals surface area contributed by atoms with Gasteiger partial charge in [-0.1, -0.05) is 6.08 Å². The van der Waals surface area contributed by atoms with Crippen LogP contribution >= 0.6 is 11.3 Å². The van der Waals surface area contributed by atoms with E-state index < -0.39 is 0 Å². The molecule has 0 fully saturated rings. The first kappa shape index (κ1) is 10.8. The Labute approximate surface area is 97.3 Å². The van der Waals surface area contributed by atoms with E-state index in [1.165, 1.54) is 11.3 Å². The van der Waals surface area contributed by atoms with Gasteiger partial charge in [0.25, 0.3) is 0 Å². The third-order valence-electron chi connectivity index (χ3n) is 2.26. The van der Waals surface area contributed by atoms with Crippen molar-refractivity contribution in [1.29, 1.82) is 0 Å². The molecular formula is C10H12N4OS. The van der Waals surface area contributed by atoms with Crippen molar-refractivity contribution in [3.05, 3.63) is 28.7 Å². The number of aromatic nitrogens is 1. The Morgan fingerprint density at radius 2 is 2.50 bits per heavy atom. The van der Waals surface area contributed by atoms with Crippen molar-refractivity contribution in [3.8, 4) is 0 Å². The molecule has 1 aliphatic rings. The fraction of sp³-hybridized carbons (Fsp3) is 0.300. The van der Waals surface area contributed by atoms with Gasteiger partial charge >= 0.3 is 6.03 Å². The molecule has 2 rings (SSSR count). The number of amidine groups is 1. The van der Waals surface area contributed by atoms with E-state index in [4.69, 9.17) is 5.73 Å². The Morgan fingerprint density at radius 1 is 1.75 bits per heavy atom. The van der Waals surface area contributed by atoms with Gasteiger partial charge in [0, 0.05) is 17.6 Å². The normalized spacial score (nSPS) is 20.1. The van der Waals surface area contributed by atoms with Crippen LogP contribution in [0.5, 0.6) is 0 Å². The molecule has 1 aromatic rings. The average molecular weight is 236 g/mol. The first-order valence-electron chi connectivity index (χ1n) is 4.81. The van der Waals surface area contributed by atoms with E-state index in [1.54, 1.807) is 11.0 Å². The Morgan fingerprint density at radius 3 is 3.06 bits per heavy atom. The van der Waals surface area contributed by atoms with Crippen LogP contribution in [0, 0.1) is 6.92 Å². The van der Waals surface area contributed by atoms with Gasteiger partial charge in [-0.3, -0.25) is 0 Å². The molecule has 0 bridgehead atoms. The number of hydrogen-bond donors (Lipinski definition) is 1. The lowest BCUT2D eigenvalue weighted by atomic mass is 10.2. The number of aliphatic imine (C=N–C) groups is 1. The Kier molecular flexibility index (Phi) is 2.74. The highest BCUT2D eigenvalue weighted by Crippen LogP contribution is 2.28. The van der Waals surface area contributed by atoms with E-state index in [-0.39, 0.29) is 12.1 Å². The molecule has 2 N–H and O–H groups in total. The van der Waals surface area contributed by atoms with Crippen LogP contribution in [0.3, 0.4) is 0 Å². The molecule has 16 heavy (non-hydrogen) atoms. The smallest absolute Gasteiger partial charge is 0.346 e. The molecule has 1 aliphatic heterocycles. The van der Waals surface area contributed by atoms with Crippen molar-refractivity contribution in [2.45, 2.75) is 13.0 Å². The number of urea groups is 1. The van der Waals surface area contributed by atoms with Gasteiger partial charge in [-0.25, -0.2) is 9.78 Å². The van der Waals surface area contributed by atoms with Gasteiger partial charge in [0.15, 0.2) is 0 Å². The summed E-state index contributed by atoms with van der Waals surface area (Å²) >= 11 is 1.48. The molecule has 0 radical (unpaired) electrons. The number of hydrogen-bond acceptors (Lipinski definition) is 4. The lowest BCUT2D eigenvalue weighted by Crippen LogP contribution is -2.33. The van der Waals surface area contributed by atoms with E-state index in [0.29, 0.717) is 12.4 Å². The molecule has 84 valence electrons. The fourth-order valence-electron chi connectivity index (χ4n) is 1.59. The summed E-state index contributed by atoms with van der Waals surface area (Å²) in [7, 11) is 0. The van der Waals surface area contributed by atoms with Crippen LogP contribution in [0.4, 0.5) is 4.79 Å². The molecule has 0 aliphatic carbocycles. The summed E-state index contributed by atoms with van der Waals surface area (Å²) in [5, 5.41) is 2.73. The Hall–Kier alpha value is -1.69. The molecule has 0 spiro atoms. The highest BCUT2D eigenvalue weighted by atomic mass is 32.1. The van der Waals surface area contributed by atoms with Gasteiger partial charge in [-0.2, -0.15) is 4.99 Å². The van der Waals surface area contributed by atoms with Crippen molar-refractivity contribution in [2.24, 2.45) is 10.7 Å². The topological polar surface area (TPSA) is 71.6 Å². The molecule has 1 atom stereocenters. The van der Waals surface area contributed by atoms with Gasteiger partial charge in [0.1, 0.15) is 16.9 Å². The second-order valence-electron chi connectivity index (χ2n) is 3.49. The van der Waals surface area contributed by atoms with Gasteiger partial charge in [0.05, 0.1) is 0 Å². The van der Waals surface area contributed by atoms with E-state index in [9.17, 15) is 4.79 Å². The summed E-state index contributed by atoms with van der Waals surface area (Å²) in [6, 6.07) is -0.653.